The van der Waals surface area contributed by atoms with Gasteiger partial charge in [-0.2, -0.15) is 0 Å². The van der Waals surface area contributed by atoms with Gasteiger partial charge in [-0.1, -0.05) is 12.1 Å². The second-order valence-corrected chi connectivity index (χ2v) is 4.18. The minimum Gasteiger partial charge on any atom is -0.480 e. The lowest BCUT2D eigenvalue weighted by molar-refractivity contribution is -0.138. The van der Waals surface area contributed by atoms with E-state index >= 15 is 0 Å². The van der Waals surface area contributed by atoms with Crippen LogP contribution >= 0.6 is 22.6 Å². The average molecular weight is 319 g/mol. The molecule has 1 rings (SSSR count). The molecule has 2 N–H and O–H groups in total. The highest BCUT2D eigenvalue weighted by Gasteiger charge is 2.16. The van der Waals surface area contributed by atoms with Gasteiger partial charge in [-0.15, -0.1) is 0 Å². The van der Waals surface area contributed by atoms with Gasteiger partial charge in [0.15, 0.2) is 0 Å². The van der Waals surface area contributed by atoms with Gasteiger partial charge >= 0.3 is 5.97 Å². The molecule has 80 valence electrons. The van der Waals surface area contributed by atoms with Gasteiger partial charge < -0.3 is 10.4 Å². The van der Waals surface area contributed by atoms with Crippen molar-refractivity contribution in [3.8, 4) is 0 Å². The molecule has 1 aromatic carbocycles. The van der Waals surface area contributed by atoms with Gasteiger partial charge in [-0.3, -0.25) is 9.59 Å². The Hall–Kier alpha value is -1.11. The summed E-state index contributed by atoms with van der Waals surface area (Å²) in [6, 6.07) is 6.13. The molecule has 0 bridgehead atoms. The van der Waals surface area contributed by atoms with Crippen molar-refractivity contribution < 1.29 is 14.7 Å². The molecule has 0 aliphatic heterocycles. The molecular formula is C10H10INO3. The lowest BCUT2D eigenvalue weighted by atomic mass is 10.2. The van der Waals surface area contributed by atoms with Crippen LogP contribution in [0.15, 0.2) is 24.3 Å². The van der Waals surface area contributed by atoms with Crippen LogP contribution in [0.4, 0.5) is 0 Å². The molecule has 0 spiro atoms. The third-order valence-corrected chi connectivity index (χ3v) is 2.78. The Morgan fingerprint density at radius 1 is 1.40 bits per heavy atom. The summed E-state index contributed by atoms with van der Waals surface area (Å²) >= 11 is 2.03. The van der Waals surface area contributed by atoms with Crippen LogP contribution < -0.4 is 5.32 Å². The number of hydrogen-bond acceptors (Lipinski definition) is 2. The average Bonchev–Trinajstić information content (AvgIpc) is 2.18. The Morgan fingerprint density at radius 3 is 2.53 bits per heavy atom. The van der Waals surface area contributed by atoms with Crippen molar-refractivity contribution in [1.29, 1.82) is 0 Å². The second kappa shape index (κ2) is 5.11. The maximum atomic E-state index is 11.6. The number of carboxylic acid groups (broad SMARTS) is 1. The molecule has 1 atom stereocenters. The van der Waals surface area contributed by atoms with Crippen LogP contribution in [0.2, 0.25) is 0 Å². The number of amides is 1. The largest absolute Gasteiger partial charge is 0.480 e. The number of rotatable bonds is 3. The molecule has 0 unspecified atom stereocenters. The molecule has 0 aromatic heterocycles. The van der Waals surface area contributed by atoms with Gasteiger partial charge in [0.05, 0.1) is 5.56 Å². The molecule has 0 aliphatic rings. The Kier molecular flexibility index (Phi) is 4.07. The number of hydrogen-bond donors (Lipinski definition) is 2. The highest BCUT2D eigenvalue weighted by atomic mass is 127. The van der Waals surface area contributed by atoms with Gasteiger partial charge in [0.2, 0.25) is 0 Å². The summed E-state index contributed by atoms with van der Waals surface area (Å²) in [6.45, 7) is 1.43. The molecule has 0 heterocycles. The van der Waals surface area contributed by atoms with Gasteiger partial charge in [0, 0.05) is 3.57 Å². The number of carbonyl (C=O) groups is 2. The first-order chi connectivity index (χ1) is 7.02. The standard InChI is InChI=1S/C10H10INO3/c1-6(10(14)15)12-9(13)7-4-2-3-5-8(7)11/h2-6H,1H3,(H,12,13)(H,14,15)/t6-/m0/s1. The third-order valence-electron chi connectivity index (χ3n) is 1.84. The molecule has 0 saturated carbocycles. The summed E-state index contributed by atoms with van der Waals surface area (Å²) in [7, 11) is 0. The number of benzene rings is 1. The Morgan fingerprint density at radius 2 is 2.00 bits per heavy atom. The van der Waals surface area contributed by atoms with Crippen molar-refractivity contribution in [2.75, 3.05) is 0 Å². The summed E-state index contributed by atoms with van der Waals surface area (Å²) in [5.74, 6) is -1.41. The SMILES string of the molecule is C[C@H](NC(=O)c1ccccc1I)C(=O)O. The molecule has 0 fully saturated rings. The van der Waals surface area contributed by atoms with Crippen LogP contribution in [0, 0.1) is 3.57 Å². The topological polar surface area (TPSA) is 66.4 Å². The maximum absolute atomic E-state index is 11.6. The number of carbonyl (C=O) groups excluding carboxylic acids is 1. The van der Waals surface area contributed by atoms with Crippen LogP contribution in [0.5, 0.6) is 0 Å². The van der Waals surface area contributed by atoms with E-state index in [0.717, 1.165) is 3.57 Å². The summed E-state index contributed by atoms with van der Waals surface area (Å²) in [5, 5.41) is 11.0. The molecule has 0 aliphatic carbocycles. The fraction of sp³-hybridized carbons (Fsp3) is 0.200. The first kappa shape index (κ1) is 12.0. The molecular weight excluding hydrogens is 309 g/mol. The van der Waals surface area contributed by atoms with E-state index in [1.807, 2.05) is 28.7 Å². The van der Waals surface area contributed by atoms with Crippen molar-refractivity contribution in [3.63, 3.8) is 0 Å². The molecule has 15 heavy (non-hydrogen) atoms. The van der Waals surface area contributed by atoms with E-state index in [9.17, 15) is 9.59 Å². The summed E-state index contributed by atoms with van der Waals surface area (Å²) < 4.78 is 0.796. The zero-order valence-electron chi connectivity index (χ0n) is 8.03. The van der Waals surface area contributed by atoms with Crippen molar-refractivity contribution in [1.82, 2.24) is 5.32 Å². The first-order valence-electron chi connectivity index (χ1n) is 4.30. The van der Waals surface area contributed by atoms with E-state index in [0.29, 0.717) is 5.56 Å². The van der Waals surface area contributed by atoms with E-state index < -0.39 is 12.0 Å². The van der Waals surface area contributed by atoms with E-state index in [1.54, 1.807) is 18.2 Å². The third kappa shape index (κ3) is 3.19. The van der Waals surface area contributed by atoms with Gasteiger partial charge in [0.1, 0.15) is 6.04 Å². The smallest absolute Gasteiger partial charge is 0.325 e. The van der Waals surface area contributed by atoms with Crippen molar-refractivity contribution in [3.05, 3.63) is 33.4 Å². The highest BCUT2D eigenvalue weighted by molar-refractivity contribution is 14.1. The van der Waals surface area contributed by atoms with Gasteiger partial charge in [-0.05, 0) is 41.6 Å². The fourth-order valence-electron chi connectivity index (χ4n) is 0.981. The quantitative estimate of drug-likeness (QED) is 0.830. The van der Waals surface area contributed by atoms with E-state index in [4.69, 9.17) is 5.11 Å². The zero-order chi connectivity index (χ0) is 11.4. The highest BCUT2D eigenvalue weighted by Crippen LogP contribution is 2.11. The Labute approximate surface area is 101 Å². The molecule has 0 saturated heterocycles. The fourth-order valence-corrected chi connectivity index (χ4v) is 1.61. The number of nitrogens with one attached hydrogen (secondary N) is 1. The van der Waals surface area contributed by atoms with Crippen LogP contribution in [0.1, 0.15) is 17.3 Å². The second-order valence-electron chi connectivity index (χ2n) is 3.01. The lowest BCUT2D eigenvalue weighted by Gasteiger charge is -2.09. The van der Waals surface area contributed by atoms with Crippen molar-refractivity contribution >= 4 is 34.5 Å². The normalized spacial score (nSPS) is 11.9. The summed E-state index contributed by atoms with van der Waals surface area (Å²) in [5.41, 5.74) is 0.492. The Bertz CT molecular complexity index is 392. The van der Waals surface area contributed by atoms with Gasteiger partial charge in [-0.25, -0.2) is 0 Å². The first-order valence-corrected chi connectivity index (χ1v) is 5.38. The monoisotopic (exact) mass is 319 g/mol. The number of aliphatic carboxylic acids is 1. The van der Waals surface area contributed by atoms with Crippen molar-refractivity contribution in [2.45, 2.75) is 13.0 Å². The molecule has 5 heteroatoms. The molecule has 1 amide bonds. The van der Waals surface area contributed by atoms with Crippen LogP contribution in [-0.2, 0) is 4.79 Å². The number of carboxylic acids is 1. The lowest BCUT2D eigenvalue weighted by Crippen LogP contribution is -2.38. The van der Waals surface area contributed by atoms with E-state index in [1.165, 1.54) is 6.92 Å². The molecule has 4 nitrogen and oxygen atoms in total. The minimum atomic E-state index is -1.05. The maximum Gasteiger partial charge on any atom is 0.325 e. The van der Waals surface area contributed by atoms with E-state index in [-0.39, 0.29) is 5.91 Å². The predicted molar refractivity (Wildman–Crippen MR) is 63.7 cm³/mol. The van der Waals surface area contributed by atoms with Crippen LogP contribution in [0.3, 0.4) is 0 Å². The number of halogens is 1. The predicted octanol–water partition coefficient (Wildman–Crippen LogP) is 1.49. The summed E-state index contributed by atoms with van der Waals surface area (Å²) in [4.78, 5) is 22.1. The van der Waals surface area contributed by atoms with Crippen LogP contribution in [0.25, 0.3) is 0 Å². The zero-order valence-corrected chi connectivity index (χ0v) is 10.2. The van der Waals surface area contributed by atoms with Crippen molar-refractivity contribution in [2.24, 2.45) is 0 Å². The van der Waals surface area contributed by atoms with Crippen LogP contribution in [-0.4, -0.2) is 23.0 Å². The van der Waals surface area contributed by atoms with Gasteiger partial charge in [0.25, 0.3) is 5.91 Å². The Balaban J connectivity index is 2.78. The molecule has 0 radical (unpaired) electrons. The molecule has 1 aromatic rings. The minimum absolute atomic E-state index is 0.366. The van der Waals surface area contributed by atoms with E-state index in [2.05, 4.69) is 5.32 Å². The summed E-state index contributed by atoms with van der Waals surface area (Å²) in [6.07, 6.45) is 0.